The van der Waals surface area contributed by atoms with Crippen molar-refractivity contribution in [2.45, 2.75) is 26.9 Å². The van der Waals surface area contributed by atoms with Crippen LogP contribution in [0.15, 0.2) is 18.2 Å². The van der Waals surface area contributed by atoms with Gasteiger partial charge >= 0.3 is 6.09 Å². The van der Waals surface area contributed by atoms with E-state index in [1.807, 2.05) is 13.0 Å². The molecule has 7 heteroatoms. The first-order valence-corrected chi connectivity index (χ1v) is 8.43. The van der Waals surface area contributed by atoms with Gasteiger partial charge in [-0.2, -0.15) is 0 Å². The molecule has 6 nitrogen and oxygen atoms in total. The molecule has 0 N–H and O–H groups in total. The van der Waals surface area contributed by atoms with Gasteiger partial charge in [-0.15, -0.1) is 0 Å². The Labute approximate surface area is 147 Å². The Balaban J connectivity index is 1.87. The van der Waals surface area contributed by atoms with Gasteiger partial charge in [0.2, 0.25) is 0 Å². The lowest BCUT2D eigenvalue weighted by molar-refractivity contribution is -0.139. The predicted molar refractivity (Wildman–Crippen MR) is 91.5 cm³/mol. The normalized spacial score (nSPS) is 15.8. The molecule has 1 aromatic rings. The molecule has 1 aliphatic rings. The van der Waals surface area contributed by atoms with Gasteiger partial charge in [-0.25, -0.2) is 4.79 Å². The monoisotopic (exact) mass is 354 g/mol. The number of rotatable bonds is 4. The summed E-state index contributed by atoms with van der Waals surface area (Å²) in [7, 11) is 0. The first-order valence-electron chi connectivity index (χ1n) is 8.05. The fourth-order valence-electron chi connectivity index (χ4n) is 2.53. The fourth-order valence-corrected chi connectivity index (χ4v) is 2.64. The summed E-state index contributed by atoms with van der Waals surface area (Å²) in [5.74, 6) is 0.522. The van der Waals surface area contributed by atoms with E-state index in [0.717, 1.165) is 5.56 Å². The molecule has 24 heavy (non-hydrogen) atoms. The number of halogens is 1. The highest BCUT2D eigenvalue weighted by atomic mass is 35.5. The minimum absolute atomic E-state index is 0.0916. The highest BCUT2D eigenvalue weighted by Crippen LogP contribution is 2.22. The maximum atomic E-state index is 12.5. The van der Waals surface area contributed by atoms with Gasteiger partial charge in [0.1, 0.15) is 5.75 Å². The van der Waals surface area contributed by atoms with Crippen molar-refractivity contribution in [3.05, 3.63) is 28.8 Å². The van der Waals surface area contributed by atoms with Gasteiger partial charge in [-0.3, -0.25) is 4.79 Å². The largest absolute Gasteiger partial charge is 0.481 e. The van der Waals surface area contributed by atoms with Crippen molar-refractivity contribution in [3.8, 4) is 5.75 Å². The molecule has 1 heterocycles. The van der Waals surface area contributed by atoms with Crippen LogP contribution in [0.5, 0.6) is 5.75 Å². The zero-order chi connectivity index (χ0) is 17.7. The summed E-state index contributed by atoms with van der Waals surface area (Å²) in [5, 5.41) is 0.663. The number of piperazine rings is 1. The second kappa shape index (κ2) is 8.24. The molecular formula is C17H23ClN2O4. The van der Waals surface area contributed by atoms with Crippen molar-refractivity contribution in [2.75, 3.05) is 32.8 Å². The van der Waals surface area contributed by atoms with Gasteiger partial charge in [-0.05, 0) is 44.5 Å². The number of nitrogens with zero attached hydrogens (tertiary/aromatic N) is 2. The van der Waals surface area contributed by atoms with Gasteiger partial charge in [0.15, 0.2) is 6.10 Å². The third-order valence-electron chi connectivity index (χ3n) is 3.91. The van der Waals surface area contributed by atoms with E-state index < -0.39 is 6.10 Å². The molecule has 0 bridgehead atoms. The van der Waals surface area contributed by atoms with E-state index in [-0.39, 0.29) is 12.0 Å². The van der Waals surface area contributed by atoms with Crippen LogP contribution in [-0.4, -0.2) is 60.7 Å². The van der Waals surface area contributed by atoms with E-state index in [1.54, 1.807) is 35.8 Å². The number of aryl methyl sites for hydroxylation is 1. The minimum Gasteiger partial charge on any atom is -0.481 e. The van der Waals surface area contributed by atoms with Gasteiger partial charge in [0.25, 0.3) is 5.91 Å². The van der Waals surface area contributed by atoms with Crippen LogP contribution < -0.4 is 4.74 Å². The highest BCUT2D eigenvalue weighted by molar-refractivity contribution is 6.31. The zero-order valence-electron chi connectivity index (χ0n) is 14.3. The van der Waals surface area contributed by atoms with Crippen LogP contribution >= 0.6 is 11.6 Å². The van der Waals surface area contributed by atoms with E-state index in [0.29, 0.717) is 43.6 Å². The number of amides is 2. The van der Waals surface area contributed by atoms with Crippen molar-refractivity contribution >= 4 is 23.6 Å². The highest BCUT2D eigenvalue weighted by Gasteiger charge is 2.28. The molecular weight excluding hydrogens is 332 g/mol. The molecule has 2 rings (SSSR count). The number of benzene rings is 1. The van der Waals surface area contributed by atoms with Crippen molar-refractivity contribution in [1.82, 2.24) is 9.80 Å². The Morgan fingerprint density at radius 3 is 2.42 bits per heavy atom. The van der Waals surface area contributed by atoms with E-state index in [2.05, 4.69) is 0 Å². The molecule has 0 aliphatic carbocycles. The first kappa shape index (κ1) is 18.4. The van der Waals surface area contributed by atoms with E-state index in [4.69, 9.17) is 21.1 Å². The average Bonchev–Trinajstić information content (AvgIpc) is 2.58. The Morgan fingerprint density at radius 1 is 1.21 bits per heavy atom. The fraction of sp³-hybridized carbons (Fsp3) is 0.529. The molecule has 2 amide bonds. The Bertz CT molecular complexity index is 600. The molecule has 0 saturated carbocycles. The number of carbonyl (C=O) groups is 2. The Hall–Kier alpha value is -1.95. The standard InChI is InChI=1S/C17H23ClN2O4/c1-4-23-17(22)20-9-7-19(8-10-20)16(21)13(3)24-14-5-6-15(18)12(2)11-14/h5-6,11,13H,4,7-10H2,1-3H3/t13-/m0/s1. The second-order valence-electron chi connectivity index (χ2n) is 5.68. The van der Waals surface area contributed by atoms with Crippen LogP contribution in [0.3, 0.4) is 0 Å². The summed E-state index contributed by atoms with van der Waals surface area (Å²) in [6.45, 7) is 7.63. The molecule has 0 radical (unpaired) electrons. The van der Waals surface area contributed by atoms with E-state index in [9.17, 15) is 9.59 Å². The smallest absolute Gasteiger partial charge is 0.409 e. The van der Waals surface area contributed by atoms with Crippen molar-refractivity contribution in [1.29, 1.82) is 0 Å². The summed E-state index contributed by atoms with van der Waals surface area (Å²) in [6.07, 6.45) is -0.926. The number of hydrogen-bond acceptors (Lipinski definition) is 4. The van der Waals surface area contributed by atoms with Gasteiger partial charge in [0.05, 0.1) is 6.61 Å². The summed E-state index contributed by atoms with van der Waals surface area (Å²) in [5.41, 5.74) is 0.900. The lowest BCUT2D eigenvalue weighted by Gasteiger charge is -2.35. The third-order valence-corrected chi connectivity index (χ3v) is 4.33. The number of hydrogen-bond donors (Lipinski definition) is 0. The van der Waals surface area contributed by atoms with Gasteiger partial charge < -0.3 is 19.3 Å². The quantitative estimate of drug-likeness (QED) is 0.834. The molecule has 1 saturated heterocycles. The maximum absolute atomic E-state index is 12.5. The van der Waals surface area contributed by atoms with Crippen molar-refractivity contribution < 1.29 is 19.1 Å². The number of carbonyl (C=O) groups excluding carboxylic acids is 2. The molecule has 0 spiro atoms. The SMILES string of the molecule is CCOC(=O)N1CCN(C(=O)[C@H](C)Oc2ccc(Cl)c(C)c2)CC1. The molecule has 1 aliphatic heterocycles. The van der Waals surface area contributed by atoms with Gasteiger partial charge in [0, 0.05) is 31.2 Å². The van der Waals surface area contributed by atoms with Crippen LogP contribution in [0.1, 0.15) is 19.4 Å². The van der Waals surface area contributed by atoms with Crippen LogP contribution in [0.4, 0.5) is 4.79 Å². The second-order valence-corrected chi connectivity index (χ2v) is 6.09. The van der Waals surface area contributed by atoms with Crippen LogP contribution in [0.2, 0.25) is 5.02 Å². The Morgan fingerprint density at radius 2 is 1.83 bits per heavy atom. The molecule has 1 aromatic carbocycles. The van der Waals surface area contributed by atoms with Crippen LogP contribution in [0.25, 0.3) is 0 Å². The summed E-state index contributed by atoms with van der Waals surface area (Å²) in [6, 6.07) is 5.31. The molecule has 132 valence electrons. The first-order chi connectivity index (χ1) is 11.4. The average molecular weight is 355 g/mol. The lowest BCUT2D eigenvalue weighted by Crippen LogP contribution is -2.53. The summed E-state index contributed by atoms with van der Waals surface area (Å²) >= 11 is 5.99. The molecule has 0 unspecified atom stereocenters. The Kier molecular flexibility index (Phi) is 6.31. The summed E-state index contributed by atoms with van der Waals surface area (Å²) in [4.78, 5) is 27.5. The molecule has 1 atom stereocenters. The van der Waals surface area contributed by atoms with E-state index in [1.165, 1.54) is 0 Å². The van der Waals surface area contributed by atoms with Crippen LogP contribution in [-0.2, 0) is 9.53 Å². The topological polar surface area (TPSA) is 59.1 Å². The molecule has 0 aromatic heterocycles. The maximum Gasteiger partial charge on any atom is 0.409 e. The third kappa shape index (κ3) is 4.54. The van der Waals surface area contributed by atoms with E-state index >= 15 is 0 Å². The minimum atomic E-state index is -0.597. The van der Waals surface area contributed by atoms with Crippen molar-refractivity contribution in [3.63, 3.8) is 0 Å². The van der Waals surface area contributed by atoms with Crippen LogP contribution in [0, 0.1) is 6.92 Å². The molecule has 1 fully saturated rings. The van der Waals surface area contributed by atoms with Gasteiger partial charge in [-0.1, -0.05) is 11.6 Å². The summed E-state index contributed by atoms with van der Waals surface area (Å²) < 4.78 is 10.7. The van der Waals surface area contributed by atoms with Crippen molar-refractivity contribution in [2.24, 2.45) is 0 Å². The predicted octanol–water partition coefficient (Wildman–Crippen LogP) is 2.72. The zero-order valence-corrected chi connectivity index (χ0v) is 15.0. The lowest BCUT2D eigenvalue weighted by atomic mass is 10.2. The number of ether oxygens (including phenoxy) is 2.